The lowest BCUT2D eigenvalue weighted by Crippen LogP contribution is -2.30. The van der Waals surface area contributed by atoms with Crippen molar-refractivity contribution >= 4 is 40.5 Å². The number of nitrogens with zero attached hydrogens (tertiary/aromatic N) is 1. The minimum absolute atomic E-state index is 0.120. The second-order valence-corrected chi connectivity index (χ2v) is 6.64. The van der Waals surface area contributed by atoms with Gasteiger partial charge in [-0.1, -0.05) is 11.6 Å². The molecule has 1 unspecified atom stereocenters. The van der Waals surface area contributed by atoms with Crippen LogP contribution in [0, 0.1) is 6.92 Å². The number of aromatic nitrogens is 1. The zero-order chi connectivity index (χ0) is 18.8. The summed E-state index contributed by atoms with van der Waals surface area (Å²) in [6, 6.07) is 2.95. The van der Waals surface area contributed by atoms with Crippen molar-refractivity contribution in [1.82, 2.24) is 4.98 Å². The first kappa shape index (κ1) is 19.2. The van der Waals surface area contributed by atoms with Gasteiger partial charge in [-0.25, -0.2) is 9.78 Å². The zero-order valence-corrected chi connectivity index (χ0v) is 14.6. The van der Waals surface area contributed by atoms with Crippen LogP contribution in [0.5, 0.6) is 0 Å². The molecule has 0 bridgehead atoms. The summed E-state index contributed by atoms with van der Waals surface area (Å²) in [5, 5.41) is 2.62. The molecule has 1 N–H and O–H groups in total. The van der Waals surface area contributed by atoms with Gasteiger partial charge in [0.05, 0.1) is 22.5 Å². The van der Waals surface area contributed by atoms with Crippen molar-refractivity contribution in [2.24, 2.45) is 0 Å². The van der Waals surface area contributed by atoms with Crippen molar-refractivity contribution in [3.05, 3.63) is 44.9 Å². The van der Waals surface area contributed by atoms with Gasteiger partial charge < -0.3 is 10.1 Å². The van der Waals surface area contributed by atoms with E-state index in [0.717, 1.165) is 17.4 Å². The number of hydrogen-bond donors (Lipinski definition) is 1. The number of alkyl halides is 3. The number of rotatable bonds is 4. The van der Waals surface area contributed by atoms with Crippen LogP contribution in [0.1, 0.15) is 27.2 Å². The van der Waals surface area contributed by atoms with E-state index < -0.39 is 35.4 Å². The van der Waals surface area contributed by atoms with Crippen molar-refractivity contribution in [1.29, 1.82) is 0 Å². The molecule has 0 spiro atoms. The number of hydrogen-bond acceptors (Lipinski definition) is 5. The Bertz CT molecular complexity index is 808. The molecule has 1 heterocycles. The number of ether oxygens (including phenoxy) is 1. The molecule has 0 aliphatic rings. The molecular formula is C15H12ClF3N2O3S. The number of amides is 1. The zero-order valence-electron chi connectivity index (χ0n) is 13.0. The Balaban J connectivity index is 2.10. The summed E-state index contributed by atoms with van der Waals surface area (Å²) in [5.41, 5.74) is -1.57. The van der Waals surface area contributed by atoms with Crippen LogP contribution in [0.4, 0.5) is 18.9 Å². The summed E-state index contributed by atoms with van der Waals surface area (Å²) in [4.78, 5) is 28.0. The number of halogens is 4. The Morgan fingerprint density at radius 3 is 2.60 bits per heavy atom. The van der Waals surface area contributed by atoms with Gasteiger partial charge in [-0.3, -0.25) is 4.79 Å². The number of anilines is 1. The maximum absolute atomic E-state index is 13.0. The van der Waals surface area contributed by atoms with E-state index >= 15 is 0 Å². The van der Waals surface area contributed by atoms with Gasteiger partial charge in [0.2, 0.25) is 0 Å². The highest BCUT2D eigenvalue weighted by Crippen LogP contribution is 2.36. The van der Waals surface area contributed by atoms with E-state index in [0.29, 0.717) is 11.1 Å². The minimum atomic E-state index is -4.70. The summed E-state index contributed by atoms with van der Waals surface area (Å²) in [6.07, 6.45) is -4.70. The van der Waals surface area contributed by atoms with Gasteiger partial charge in [-0.15, -0.1) is 11.3 Å². The molecular weight excluding hydrogens is 381 g/mol. The number of benzene rings is 1. The first-order valence-corrected chi connectivity index (χ1v) is 8.08. The normalized spacial score (nSPS) is 12.6. The molecule has 5 nitrogen and oxygen atoms in total. The molecule has 0 saturated heterocycles. The van der Waals surface area contributed by atoms with E-state index in [1.807, 2.05) is 0 Å². The lowest BCUT2D eigenvalue weighted by Gasteiger charge is -2.17. The van der Waals surface area contributed by atoms with Gasteiger partial charge in [-0.05, 0) is 32.0 Å². The molecule has 0 radical (unpaired) electrons. The third-order valence-corrected chi connectivity index (χ3v) is 4.15. The second kappa shape index (κ2) is 7.40. The predicted octanol–water partition coefficient (Wildman–Crippen LogP) is 4.31. The fourth-order valence-corrected chi connectivity index (χ4v) is 2.65. The molecule has 0 fully saturated rings. The molecule has 0 saturated carbocycles. The summed E-state index contributed by atoms with van der Waals surface area (Å²) in [5.74, 6) is -1.68. The van der Waals surface area contributed by atoms with E-state index in [4.69, 9.17) is 16.3 Å². The van der Waals surface area contributed by atoms with Crippen molar-refractivity contribution in [2.45, 2.75) is 26.1 Å². The lowest BCUT2D eigenvalue weighted by atomic mass is 10.1. The standard InChI is InChI=1S/C15H12ClF3N2O3S/c1-7(24-14(23)12-6-20-8(2)25-12)13(22)21-11-4-3-9(16)5-10(11)15(17,18)19/h3-7H,1-2H3,(H,21,22). The average Bonchev–Trinajstić information content (AvgIpc) is 2.94. The summed E-state index contributed by atoms with van der Waals surface area (Å²) >= 11 is 6.65. The van der Waals surface area contributed by atoms with Gasteiger partial charge in [0.1, 0.15) is 4.88 Å². The average molecular weight is 393 g/mol. The molecule has 2 aromatic rings. The minimum Gasteiger partial charge on any atom is -0.448 e. The highest BCUT2D eigenvalue weighted by molar-refractivity contribution is 7.13. The summed E-state index contributed by atoms with van der Waals surface area (Å²) < 4.78 is 44.0. The molecule has 0 aliphatic carbocycles. The van der Waals surface area contributed by atoms with Gasteiger partial charge in [-0.2, -0.15) is 13.2 Å². The predicted molar refractivity (Wildman–Crippen MR) is 86.8 cm³/mol. The summed E-state index contributed by atoms with van der Waals surface area (Å²) in [6.45, 7) is 2.95. The van der Waals surface area contributed by atoms with Crippen LogP contribution < -0.4 is 5.32 Å². The highest BCUT2D eigenvalue weighted by Gasteiger charge is 2.34. The first-order valence-electron chi connectivity index (χ1n) is 6.89. The van der Waals surface area contributed by atoms with Crippen LogP contribution in [0.3, 0.4) is 0 Å². The maximum atomic E-state index is 13.0. The van der Waals surface area contributed by atoms with E-state index in [1.165, 1.54) is 19.2 Å². The lowest BCUT2D eigenvalue weighted by molar-refractivity contribution is -0.137. The van der Waals surface area contributed by atoms with Crippen molar-refractivity contribution in [3.8, 4) is 0 Å². The Morgan fingerprint density at radius 2 is 2.04 bits per heavy atom. The molecule has 134 valence electrons. The number of aryl methyl sites for hydroxylation is 1. The fraction of sp³-hybridized carbons (Fsp3) is 0.267. The molecule has 1 atom stereocenters. The van der Waals surface area contributed by atoms with Gasteiger partial charge in [0.25, 0.3) is 5.91 Å². The molecule has 1 aromatic heterocycles. The molecule has 1 amide bonds. The number of thiazole rings is 1. The van der Waals surface area contributed by atoms with Gasteiger partial charge in [0.15, 0.2) is 6.10 Å². The molecule has 0 aliphatic heterocycles. The SMILES string of the molecule is Cc1ncc(C(=O)OC(C)C(=O)Nc2ccc(Cl)cc2C(F)(F)F)s1. The van der Waals surface area contributed by atoms with E-state index in [1.54, 1.807) is 6.92 Å². The summed E-state index contributed by atoms with van der Waals surface area (Å²) in [7, 11) is 0. The number of carbonyl (C=O) groups excluding carboxylic acids is 2. The third kappa shape index (κ3) is 4.93. The van der Waals surface area contributed by atoms with Crippen LogP contribution in [-0.2, 0) is 15.7 Å². The number of carbonyl (C=O) groups is 2. The van der Waals surface area contributed by atoms with E-state index in [9.17, 15) is 22.8 Å². The Kier molecular flexibility index (Phi) is 5.69. The van der Waals surface area contributed by atoms with Crippen LogP contribution in [-0.4, -0.2) is 23.0 Å². The molecule has 2 rings (SSSR count). The van der Waals surface area contributed by atoms with Crippen LogP contribution >= 0.6 is 22.9 Å². The van der Waals surface area contributed by atoms with Crippen molar-refractivity contribution < 1.29 is 27.5 Å². The van der Waals surface area contributed by atoms with E-state index in [2.05, 4.69) is 10.3 Å². The van der Waals surface area contributed by atoms with E-state index in [-0.39, 0.29) is 9.90 Å². The number of nitrogens with one attached hydrogen (secondary N) is 1. The van der Waals surface area contributed by atoms with Crippen LogP contribution in [0.2, 0.25) is 5.02 Å². The highest BCUT2D eigenvalue weighted by atomic mass is 35.5. The Hall–Kier alpha value is -2.13. The van der Waals surface area contributed by atoms with Gasteiger partial charge in [0, 0.05) is 5.02 Å². The quantitative estimate of drug-likeness (QED) is 0.787. The second-order valence-electron chi connectivity index (χ2n) is 4.97. The van der Waals surface area contributed by atoms with Gasteiger partial charge >= 0.3 is 12.1 Å². The van der Waals surface area contributed by atoms with Crippen molar-refractivity contribution in [3.63, 3.8) is 0 Å². The van der Waals surface area contributed by atoms with Crippen molar-refractivity contribution in [2.75, 3.05) is 5.32 Å². The molecule has 25 heavy (non-hydrogen) atoms. The first-order chi connectivity index (χ1) is 11.6. The topological polar surface area (TPSA) is 68.3 Å². The Labute approximate surface area is 149 Å². The van der Waals surface area contributed by atoms with Crippen LogP contribution in [0.15, 0.2) is 24.4 Å². The molecule has 10 heteroatoms. The fourth-order valence-electron chi connectivity index (χ4n) is 1.82. The third-order valence-electron chi connectivity index (χ3n) is 3.02. The molecule has 1 aromatic carbocycles. The largest absolute Gasteiger partial charge is 0.448 e. The number of esters is 1. The maximum Gasteiger partial charge on any atom is 0.418 e. The monoisotopic (exact) mass is 392 g/mol. The smallest absolute Gasteiger partial charge is 0.418 e. The van der Waals surface area contributed by atoms with Crippen LogP contribution in [0.25, 0.3) is 0 Å². The Morgan fingerprint density at radius 1 is 1.36 bits per heavy atom.